The van der Waals surface area contributed by atoms with E-state index in [9.17, 15) is 0 Å². The molecule has 92 valence electrons. The standard InChI is InChI=1S/C14H21N3/c1-10-9-12(11-5-3-2-4-6-11)17-13(16-10)14(15)7-8-14/h9,11H,2-8,15H2,1H3. The third kappa shape index (κ3) is 2.21. The molecule has 3 nitrogen and oxygen atoms in total. The van der Waals surface area contributed by atoms with Gasteiger partial charge in [-0.1, -0.05) is 19.3 Å². The highest BCUT2D eigenvalue weighted by Crippen LogP contribution is 2.41. The van der Waals surface area contributed by atoms with Crippen molar-refractivity contribution in [1.29, 1.82) is 0 Å². The van der Waals surface area contributed by atoms with E-state index in [4.69, 9.17) is 10.7 Å². The summed E-state index contributed by atoms with van der Waals surface area (Å²) < 4.78 is 0. The second-order valence-electron chi connectivity index (χ2n) is 5.75. The second-order valence-corrected chi connectivity index (χ2v) is 5.75. The molecule has 2 fully saturated rings. The van der Waals surface area contributed by atoms with Crippen molar-refractivity contribution in [3.63, 3.8) is 0 Å². The van der Waals surface area contributed by atoms with E-state index in [1.54, 1.807) is 0 Å². The predicted molar refractivity (Wildman–Crippen MR) is 67.7 cm³/mol. The first-order chi connectivity index (χ1) is 8.17. The molecule has 17 heavy (non-hydrogen) atoms. The van der Waals surface area contributed by atoms with Crippen molar-refractivity contribution in [2.45, 2.75) is 63.3 Å². The summed E-state index contributed by atoms with van der Waals surface area (Å²) in [5.74, 6) is 1.53. The fourth-order valence-electron chi connectivity index (χ4n) is 2.78. The summed E-state index contributed by atoms with van der Waals surface area (Å²) in [5.41, 5.74) is 8.33. The number of aryl methyl sites for hydroxylation is 1. The summed E-state index contributed by atoms with van der Waals surface area (Å²) in [6.07, 6.45) is 8.73. The molecule has 2 N–H and O–H groups in total. The highest BCUT2D eigenvalue weighted by molar-refractivity contribution is 5.22. The van der Waals surface area contributed by atoms with Crippen LogP contribution in [0.5, 0.6) is 0 Å². The molecule has 0 bridgehead atoms. The summed E-state index contributed by atoms with van der Waals surface area (Å²) in [6.45, 7) is 2.06. The molecular weight excluding hydrogens is 210 g/mol. The lowest BCUT2D eigenvalue weighted by Crippen LogP contribution is -2.24. The molecule has 0 amide bonds. The smallest absolute Gasteiger partial charge is 0.148 e. The van der Waals surface area contributed by atoms with Crippen LogP contribution in [0.2, 0.25) is 0 Å². The first kappa shape index (κ1) is 11.1. The summed E-state index contributed by atoms with van der Waals surface area (Å²) >= 11 is 0. The van der Waals surface area contributed by atoms with Gasteiger partial charge in [-0.25, -0.2) is 9.97 Å². The van der Waals surface area contributed by atoms with Crippen LogP contribution in [0.3, 0.4) is 0 Å². The largest absolute Gasteiger partial charge is 0.319 e. The Balaban J connectivity index is 1.90. The third-order valence-electron chi connectivity index (χ3n) is 4.13. The van der Waals surface area contributed by atoms with Crippen molar-refractivity contribution in [2.24, 2.45) is 5.73 Å². The Labute approximate surface area is 103 Å². The van der Waals surface area contributed by atoms with Gasteiger partial charge < -0.3 is 5.73 Å². The van der Waals surface area contributed by atoms with Crippen molar-refractivity contribution < 1.29 is 0 Å². The van der Waals surface area contributed by atoms with Crippen LogP contribution in [0, 0.1) is 6.92 Å². The van der Waals surface area contributed by atoms with Gasteiger partial charge in [0.05, 0.1) is 5.54 Å². The summed E-state index contributed by atoms with van der Waals surface area (Å²) in [4.78, 5) is 9.28. The van der Waals surface area contributed by atoms with Crippen LogP contribution in [0.4, 0.5) is 0 Å². The van der Waals surface area contributed by atoms with E-state index in [0.717, 1.165) is 24.4 Å². The maximum Gasteiger partial charge on any atom is 0.148 e. The number of rotatable bonds is 2. The van der Waals surface area contributed by atoms with E-state index in [-0.39, 0.29) is 5.54 Å². The average molecular weight is 231 g/mol. The maximum atomic E-state index is 6.21. The molecule has 3 heteroatoms. The fourth-order valence-corrected chi connectivity index (χ4v) is 2.78. The van der Waals surface area contributed by atoms with Gasteiger partial charge in [-0.3, -0.25) is 0 Å². The lowest BCUT2D eigenvalue weighted by molar-refractivity contribution is 0.433. The zero-order chi connectivity index (χ0) is 11.9. The van der Waals surface area contributed by atoms with E-state index in [1.807, 2.05) is 0 Å². The molecule has 3 rings (SSSR count). The lowest BCUT2D eigenvalue weighted by Gasteiger charge is -2.22. The minimum Gasteiger partial charge on any atom is -0.319 e. The molecule has 0 aromatic carbocycles. The Morgan fingerprint density at radius 2 is 1.88 bits per heavy atom. The van der Waals surface area contributed by atoms with Crippen molar-refractivity contribution >= 4 is 0 Å². The van der Waals surface area contributed by atoms with E-state index in [0.29, 0.717) is 5.92 Å². The van der Waals surface area contributed by atoms with Crippen LogP contribution in [-0.4, -0.2) is 9.97 Å². The van der Waals surface area contributed by atoms with E-state index in [2.05, 4.69) is 18.0 Å². The van der Waals surface area contributed by atoms with Crippen molar-refractivity contribution in [3.8, 4) is 0 Å². The van der Waals surface area contributed by atoms with Gasteiger partial charge in [0.15, 0.2) is 0 Å². The van der Waals surface area contributed by atoms with Crippen LogP contribution in [-0.2, 0) is 5.54 Å². The van der Waals surface area contributed by atoms with E-state index >= 15 is 0 Å². The summed E-state index contributed by atoms with van der Waals surface area (Å²) in [7, 11) is 0. The molecule has 2 aliphatic carbocycles. The number of hydrogen-bond donors (Lipinski definition) is 1. The van der Waals surface area contributed by atoms with Gasteiger partial charge in [-0.05, 0) is 38.7 Å². The minimum atomic E-state index is -0.199. The van der Waals surface area contributed by atoms with Gasteiger partial charge in [0, 0.05) is 17.3 Å². The Morgan fingerprint density at radius 1 is 1.18 bits per heavy atom. The van der Waals surface area contributed by atoms with Crippen LogP contribution >= 0.6 is 0 Å². The van der Waals surface area contributed by atoms with Crippen molar-refractivity contribution in [2.75, 3.05) is 0 Å². The molecule has 1 heterocycles. The first-order valence-electron chi connectivity index (χ1n) is 6.82. The van der Waals surface area contributed by atoms with E-state index in [1.165, 1.54) is 37.8 Å². The molecule has 0 radical (unpaired) electrons. The number of nitrogens with zero attached hydrogens (tertiary/aromatic N) is 2. The predicted octanol–water partition coefficient (Wildman–Crippen LogP) is 2.78. The Morgan fingerprint density at radius 3 is 2.53 bits per heavy atom. The van der Waals surface area contributed by atoms with Gasteiger partial charge in [-0.2, -0.15) is 0 Å². The lowest BCUT2D eigenvalue weighted by atomic mass is 9.86. The number of aromatic nitrogens is 2. The normalized spacial score (nSPS) is 23.6. The molecule has 0 saturated heterocycles. The molecule has 0 atom stereocenters. The Bertz CT molecular complexity index is 417. The molecule has 0 aliphatic heterocycles. The fraction of sp³-hybridized carbons (Fsp3) is 0.714. The van der Waals surface area contributed by atoms with Crippen LogP contribution < -0.4 is 5.73 Å². The van der Waals surface area contributed by atoms with Gasteiger partial charge in [0.2, 0.25) is 0 Å². The molecule has 2 aliphatic rings. The summed E-state index contributed by atoms with van der Waals surface area (Å²) in [6, 6.07) is 2.16. The maximum absolute atomic E-state index is 6.21. The topological polar surface area (TPSA) is 51.8 Å². The van der Waals surface area contributed by atoms with Crippen LogP contribution in [0.25, 0.3) is 0 Å². The second kappa shape index (κ2) is 4.05. The van der Waals surface area contributed by atoms with Gasteiger partial charge in [0.1, 0.15) is 5.82 Å². The quantitative estimate of drug-likeness (QED) is 0.851. The van der Waals surface area contributed by atoms with Crippen LogP contribution in [0.1, 0.15) is 68.1 Å². The van der Waals surface area contributed by atoms with Gasteiger partial charge in [-0.15, -0.1) is 0 Å². The molecule has 2 saturated carbocycles. The first-order valence-corrected chi connectivity index (χ1v) is 6.82. The molecule has 0 unspecified atom stereocenters. The molecule has 0 spiro atoms. The van der Waals surface area contributed by atoms with E-state index < -0.39 is 0 Å². The minimum absolute atomic E-state index is 0.199. The Kier molecular flexibility index (Phi) is 2.66. The van der Waals surface area contributed by atoms with Gasteiger partial charge >= 0.3 is 0 Å². The summed E-state index contributed by atoms with van der Waals surface area (Å²) in [5, 5.41) is 0. The zero-order valence-corrected chi connectivity index (χ0v) is 10.6. The van der Waals surface area contributed by atoms with Crippen LogP contribution in [0.15, 0.2) is 6.07 Å². The molecular formula is C14H21N3. The average Bonchev–Trinajstić information content (AvgIpc) is 3.09. The number of nitrogens with two attached hydrogens (primary N) is 1. The molecule has 1 aromatic heterocycles. The van der Waals surface area contributed by atoms with Crippen molar-refractivity contribution in [1.82, 2.24) is 9.97 Å². The third-order valence-corrected chi connectivity index (χ3v) is 4.13. The molecule has 1 aromatic rings. The highest BCUT2D eigenvalue weighted by atomic mass is 15.0. The van der Waals surface area contributed by atoms with Crippen molar-refractivity contribution in [3.05, 3.63) is 23.3 Å². The number of hydrogen-bond acceptors (Lipinski definition) is 3. The monoisotopic (exact) mass is 231 g/mol. The zero-order valence-electron chi connectivity index (χ0n) is 10.6. The SMILES string of the molecule is Cc1cc(C2CCCCC2)nc(C2(N)CC2)n1. The Hall–Kier alpha value is -0.960. The van der Waals surface area contributed by atoms with Gasteiger partial charge in [0.25, 0.3) is 0 Å². The highest BCUT2D eigenvalue weighted by Gasteiger charge is 2.43.